The smallest absolute Gasteiger partial charge is 0.182 e. The number of aromatic amines is 1. The van der Waals surface area contributed by atoms with Gasteiger partial charge in [0.15, 0.2) is 5.82 Å². The summed E-state index contributed by atoms with van der Waals surface area (Å²) >= 11 is 2.32. The Labute approximate surface area is 120 Å². The molecule has 5 heteroatoms. The van der Waals surface area contributed by atoms with Gasteiger partial charge in [-0.05, 0) is 54.6 Å². The van der Waals surface area contributed by atoms with Crippen LogP contribution in [0.2, 0.25) is 0 Å². The molecule has 3 rings (SSSR count). The molecule has 1 saturated heterocycles. The fourth-order valence-electron chi connectivity index (χ4n) is 2.32. The molecule has 0 saturated carbocycles. The number of nitrogens with one attached hydrogen (secondary N) is 2. The van der Waals surface area contributed by atoms with Gasteiger partial charge < -0.3 is 5.32 Å². The van der Waals surface area contributed by atoms with Crippen molar-refractivity contribution in [2.75, 3.05) is 13.1 Å². The van der Waals surface area contributed by atoms with Crippen LogP contribution in [0.4, 0.5) is 0 Å². The number of aromatic nitrogens is 3. The zero-order chi connectivity index (χ0) is 12.4. The van der Waals surface area contributed by atoms with Crippen molar-refractivity contribution in [3.8, 4) is 11.4 Å². The van der Waals surface area contributed by atoms with E-state index < -0.39 is 0 Å². The summed E-state index contributed by atoms with van der Waals surface area (Å²) < 4.78 is 1.19. The summed E-state index contributed by atoms with van der Waals surface area (Å²) in [7, 11) is 0. The van der Waals surface area contributed by atoms with Gasteiger partial charge in [0.1, 0.15) is 5.82 Å². The summed E-state index contributed by atoms with van der Waals surface area (Å²) in [5, 5.41) is 10.8. The lowest BCUT2D eigenvalue weighted by Crippen LogP contribution is -2.27. The van der Waals surface area contributed by atoms with Gasteiger partial charge in [-0.3, -0.25) is 5.10 Å². The molecule has 1 aliphatic heterocycles. The van der Waals surface area contributed by atoms with Crippen LogP contribution >= 0.6 is 22.6 Å². The highest BCUT2D eigenvalue weighted by Gasteiger charge is 2.19. The maximum absolute atomic E-state index is 4.67. The highest BCUT2D eigenvalue weighted by Crippen LogP contribution is 2.26. The predicted molar refractivity (Wildman–Crippen MR) is 79.4 cm³/mol. The molecule has 1 aromatic carbocycles. The van der Waals surface area contributed by atoms with Crippen LogP contribution < -0.4 is 5.32 Å². The molecule has 0 aliphatic carbocycles. The zero-order valence-electron chi connectivity index (χ0n) is 9.99. The maximum Gasteiger partial charge on any atom is 0.182 e. The number of hydrogen-bond acceptors (Lipinski definition) is 3. The van der Waals surface area contributed by atoms with Crippen LogP contribution in [0.5, 0.6) is 0 Å². The summed E-state index contributed by atoms with van der Waals surface area (Å²) in [6.07, 6.45) is 2.28. The van der Waals surface area contributed by atoms with E-state index in [1.54, 1.807) is 0 Å². The zero-order valence-corrected chi connectivity index (χ0v) is 12.1. The van der Waals surface area contributed by atoms with Crippen LogP contribution in [-0.4, -0.2) is 28.3 Å². The fourth-order valence-corrected chi connectivity index (χ4v) is 2.94. The maximum atomic E-state index is 4.67. The minimum atomic E-state index is 0.522. The third-order valence-corrected chi connectivity index (χ3v) is 4.28. The first kappa shape index (κ1) is 12.1. The van der Waals surface area contributed by atoms with Gasteiger partial charge in [0.05, 0.1) is 0 Å². The van der Waals surface area contributed by atoms with Crippen LogP contribution in [0, 0.1) is 3.57 Å². The van der Waals surface area contributed by atoms with Crippen molar-refractivity contribution in [1.82, 2.24) is 20.5 Å². The van der Waals surface area contributed by atoms with E-state index in [4.69, 9.17) is 0 Å². The van der Waals surface area contributed by atoms with Gasteiger partial charge in [-0.1, -0.05) is 18.2 Å². The van der Waals surface area contributed by atoms with Crippen molar-refractivity contribution < 1.29 is 0 Å². The van der Waals surface area contributed by atoms with Gasteiger partial charge in [-0.2, -0.15) is 5.10 Å². The first-order chi connectivity index (χ1) is 8.84. The molecule has 2 heterocycles. The second-order valence-electron chi connectivity index (χ2n) is 4.55. The van der Waals surface area contributed by atoms with Crippen LogP contribution in [0.3, 0.4) is 0 Å². The van der Waals surface area contributed by atoms with Gasteiger partial charge >= 0.3 is 0 Å². The van der Waals surface area contributed by atoms with Crippen molar-refractivity contribution in [2.45, 2.75) is 18.8 Å². The first-order valence-corrected chi connectivity index (χ1v) is 7.30. The number of halogens is 1. The standard InChI is InChI=1S/C13H15IN4/c14-11-4-2-1-3-10(11)13-16-12(17-18-13)9-5-7-15-8-6-9/h1-4,9,15H,5-8H2,(H,16,17,18). The molecular weight excluding hydrogens is 339 g/mol. The third-order valence-electron chi connectivity index (χ3n) is 3.34. The lowest BCUT2D eigenvalue weighted by atomic mass is 9.98. The highest BCUT2D eigenvalue weighted by molar-refractivity contribution is 14.1. The van der Waals surface area contributed by atoms with Crippen LogP contribution in [0.1, 0.15) is 24.6 Å². The summed E-state index contributed by atoms with van der Waals surface area (Å²) in [4.78, 5) is 4.67. The minimum Gasteiger partial charge on any atom is -0.317 e. The van der Waals surface area contributed by atoms with Crippen molar-refractivity contribution in [3.63, 3.8) is 0 Å². The van der Waals surface area contributed by atoms with Gasteiger partial charge in [0.25, 0.3) is 0 Å². The molecule has 0 unspecified atom stereocenters. The van der Waals surface area contributed by atoms with Gasteiger partial charge in [0.2, 0.25) is 0 Å². The van der Waals surface area contributed by atoms with Gasteiger partial charge in [-0.25, -0.2) is 4.98 Å². The molecule has 2 N–H and O–H groups in total. The Bertz CT molecular complexity index is 531. The molecule has 94 valence electrons. The number of H-pyrrole nitrogens is 1. The minimum absolute atomic E-state index is 0.522. The average molecular weight is 354 g/mol. The van der Waals surface area contributed by atoms with Crippen molar-refractivity contribution in [1.29, 1.82) is 0 Å². The SMILES string of the molecule is Ic1ccccc1-c1n[nH]c(C2CCNCC2)n1. The van der Waals surface area contributed by atoms with Gasteiger partial charge in [-0.15, -0.1) is 0 Å². The quantitative estimate of drug-likeness (QED) is 0.815. The normalized spacial score (nSPS) is 16.9. The summed E-state index contributed by atoms with van der Waals surface area (Å²) in [5.41, 5.74) is 1.11. The second-order valence-corrected chi connectivity index (χ2v) is 5.71. The lowest BCUT2D eigenvalue weighted by molar-refractivity contribution is 0.446. The lowest BCUT2D eigenvalue weighted by Gasteiger charge is -2.19. The highest BCUT2D eigenvalue weighted by atomic mass is 127. The Morgan fingerprint density at radius 1 is 1.17 bits per heavy atom. The second kappa shape index (κ2) is 5.36. The Hall–Kier alpha value is -0.950. The van der Waals surface area contributed by atoms with E-state index in [1.807, 2.05) is 12.1 Å². The molecule has 0 bridgehead atoms. The predicted octanol–water partition coefficient (Wildman–Crippen LogP) is 2.54. The molecule has 18 heavy (non-hydrogen) atoms. The van der Waals surface area contributed by atoms with Crippen molar-refractivity contribution in [2.24, 2.45) is 0 Å². The summed E-state index contributed by atoms with van der Waals surface area (Å²) in [6.45, 7) is 2.15. The monoisotopic (exact) mass is 354 g/mol. The topological polar surface area (TPSA) is 53.6 Å². The molecule has 0 spiro atoms. The Morgan fingerprint density at radius 2 is 1.94 bits per heavy atom. The number of hydrogen-bond donors (Lipinski definition) is 2. The average Bonchev–Trinajstić information content (AvgIpc) is 2.90. The molecule has 1 aromatic heterocycles. The van der Waals surface area contributed by atoms with Crippen LogP contribution in [0.25, 0.3) is 11.4 Å². The van der Waals surface area contributed by atoms with E-state index in [1.165, 1.54) is 3.57 Å². The number of nitrogens with zero attached hydrogens (tertiary/aromatic N) is 2. The largest absolute Gasteiger partial charge is 0.317 e. The Kier molecular flexibility index (Phi) is 3.60. The molecule has 0 atom stereocenters. The summed E-state index contributed by atoms with van der Waals surface area (Å²) in [5.74, 6) is 2.37. The van der Waals surface area contributed by atoms with E-state index in [0.29, 0.717) is 5.92 Å². The van der Waals surface area contributed by atoms with Crippen molar-refractivity contribution in [3.05, 3.63) is 33.7 Å². The Balaban J connectivity index is 1.87. The molecule has 1 fully saturated rings. The number of piperidine rings is 1. The Morgan fingerprint density at radius 3 is 2.72 bits per heavy atom. The van der Waals surface area contributed by atoms with Gasteiger partial charge in [0, 0.05) is 15.1 Å². The first-order valence-electron chi connectivity index (χ1n) is 6.22. The number of benzene rings is 1. The van der Waals surface area contributed by atoms with Crippen LogP contribution in [-0.2, 0) is 0 Å². The molecule has 2 aromatic rings. The van der Waals surface area contributed by atoms with E-state index in [9.17, 15) is 0 Å². The fraction of sp³-hybridized carbons (Fsp3) is 0.385. The molecular formula is C13H15IN4. The molecule has 0 amide bonds. The van der Waals surface area contributed by atoms with E-state index >= 15 is 0 Å². The van der Waals surface area contributed by atoms with Crippen LogP contribution in [0.15, 0.2) is 24.3 Å². The molecule has 0 radical (unpaired) electrons. The molecule has 1 aliphatic rings. The third kappa shape index (κ3) is 2.42. The van der Waals surface area contributed by atoms with Crippen molar-refractivity contribution >= 4 is 22.6 Å². The molecule has 4 nitrogen and oxygen atoms in total. The number of rotatable bonds is 2. The van der Waals surface area contributed by atoms with E-state index in [0.717, 1.165) is 43.1 Å². The summed E-state index contributed by atoms with van der Waals surface area (Å²) in [6, 6.07) is 8.21. The van der Waals surface area contributed by atoms with E-state index in [-0.39, 0.29) is 0 Å². The van der Waals surface area contributed by atoms with E-state index in [2.05, 4.69) is 55.2 Å².